The van der Waals surface area contributed by atoms with Crippen LogP contribution in [0.3, 0.4) is 0 Å². The van der Waals surface area contributed by atoms with Gasteiger partial charge in [0.15, 0.2) is 11.5 Å². The number of anilines is 1. The van der Waals surface area contributed by atoms with Crippen molar-refractivity contribution in [2.45, 2.75) is 25.9 Å². The van der Waals surface area contributed by atoms with E-state index in [9.17, 15) is 9.90 Å². The molecule has 0 bridgehead atoms. The zero-order valence-corrected chi connectivity index (χ0v) is 12.4. The lowest BCUT2D eigenvalue weighted by molar-refractivity contribution is -0.115. The molecule has 2 rings (SSSR count). The van der Waals surface area contributed by atoms with E-state index in [0.717, 1.165) is 0 Å². The molecule has 0 saturated heterocycles. The molecule has 1 atom stereocenters. The minimum atomic E-state index is -0.794. The molecule has 0 aliphatic carbocycles. The normalized spacial score (nSPS) is 16.1. The van der Waals surface area contributed by atoms with Crippen molar-refractivity contribution in [3.8, 4) is 11.5 Å². The number of nitrogens with one attached hydrogen (secondary N) is 2. The number of carbonyl (C=O) groups excluding carboxylic acids is 1. The molecule has 0 saturated carbocycles. The molecule has 1 aliphatic heterocycles. The van der Waals surface area contributed by atoms with Gasteiger partial charge in [0.2, 0.25) is 5.91 Å². The first-order valence-corrected chi connectivity index (χ1v) is 7.13. The van der Waals surface area contributed by atoms with Crippen molar-refractivity contribution < 1.29 is 19.4 Å². The molecule has 1 aliphatic rings. The lowest BCUT2D eigenvalue weighted by Gasteiger charge is -2.21. The Morgan fingerprint density at radius 1 is 1.33 bits per heavy atom. The van der Waals surface area contributed by atoms with Crippen molar-refractivity contribution >= 4 is 11.6 Å². The fraction of sp³-hybridized carbons (Fsp3) is 0.533. The van der Waals surface area contributed by atoms with E-state index in [1.807, 2.05) is 6.92 Å². The van der Waals surface area contributed by atoms with Gasteiger partial charge in [0, 0.05) is 18.3 Å². The monoisotopic (exact) mass is 294 g/mol. The highest BCUT2D eigenvalue weighted by atomic mass is 16.6. The second-order valence-electron chi connectivity index (χ2n) is 5.36. The van der Waals surface area contributed by atoms with E-state index in [4.69, 9.17) is 9.47 Å². The Balaban J connectivity index is 1.83. The van der Waals surface area contributed by atoms with Crippen LogP contribution in [-0.4, -0.2) is 42.9 Å². The van der Waals surface area contributed by atoms with Crippen LogP contribution in [0.25, 0.3) is 0 Å². The van der Waals surface area contributed by atoms with Crippen molar-refractivity contribution in [1.82, 2.24) is 5.32 Å². The quantitative estimate of drug-likeness (QED) is 0.733. The minimum Gasteiger partial charge on any atom is -0.486 e. The number of benzene rings is 1. The summed E-state index contributed by atoms with van der Waals surface area (Å²) in [6.45, 7) is 5.20. The largest absolute Gasteiger partial charge is 0.486 e. The van der Waals surface area contributed by atoms with E-state index in [-0.39, 0.29) is 12.5 Å². The Labute approximate surface area is 124 Å². The molecule has 0 spiro atoms. The van der Waals surface area contributed by atoms with Gasteiger partial charge in [-0.25, -0.2) is 0 Å². The summed E-state index contributed by atoms with van der Waals surface area (Å²) in [5.74, 6) is 1.16. The summed E-state index contributed by atoms with van der Waals surface area (Å²) in [4.78, 5) is 11.8. The third kappa shape index (κ3) is 4.61. The van der Waals surface area contributed by atoms with Gasteiger partial charge in [0.25, 0.3) is 0 Å². The molecule has 0 fully saturated rings. The van der Waals surface area contributed by atoms with E-state index in [2.05, 4.69) is 10.6 Å². The highest BCUT2D eigenvalue weighted by Crippen LogP contribution is 2.32. The predicted molar refractivity (Wildman–Crippen MR) is 79.8 cm³/mol. The second kappa shape index (κ2) is 6.78. The topological polar surface area (TPSA) is 79.8 Å². The molecule has 0 radical (unpaired) electrons. The van der Waals surface area contributed by atoms with Crippen LogP contribution in [0.4, 0.5) is 5.69 Å². The van der Waals surface area contributed by atoms with E-state index >= 15 is 0 Å². The number of ether oxygens (including phenoxy) is 2. The van der Waals surface area contributed by atoms with Crippen molar-refractivity contribution in [3.63, 3.8) is 0 Å². The molecular formula is C15H22N2O4. The fourth-order valence-electron chi connectivity index (χ4n) is 1.90. The van der Waals surface area contributed by atoms with Crippen molar-refractivity contribution in [1.29, 1.82) is 0 Å². The van der Waals surface area contributed by atoms with Gasteiger partial charge < -0.3 is 25.2 Å². The Morgan fingerprint density at radius 2 is 2.05 bits per heavy atom. The van der Waals surface area contributed by atoms with Crippen LogP contribution in [0.5, 0.6) is 11.5 Å². The number of hydrogen-bond donors (Lipinski definition) is 3. The van der Waals surface area contributed by atoms with Gasteiger partial charge in [0.1, 0.15) is 13.2 Å². The molecule has 3 N–H and O–H groups in total. The maximum Gasteiger partial charge on any atom is 0.238 e. The Bertz CT molecular complexity index is 502. The minimum absolute atomic E-state index is 0.143. The fourth-order valence-corrected chi connectivity index (χ4v) is 1.90. The molecule has 1 heterocycles. The summed E-state index contributed by atoms with van der Waals surface area (Å²) in [5, 5.41) is 15.6. The number of amides is 1. The van der Waals surface area contributed by atoms with Crippen LogP contribution >= 0.6 is 0 Å². The third-order valence-electron chi connectivity index (χ3n) is 3.38. The number of hydrogen-bond acceptors (Lipinski definition) is 5. The van der Waals surface area contributed by atoms with Crippen molar-refractivity contribution in [2.75, 3.05) is 31.6 Å². The standard InChI is InChI=1S/C15H22N2O4/c1-3-15(2,19)10-16-9-14(18)17-11-4-5-12-13(8-11)21-7-6-20-12/h4-5,8,16,19H,3,6-7,9-10H2,1-2H3,(H,17,18). The number of rotatable bonds is 6. The van der Waals surface area contributed by atoms with Crippen LogP contribution < -0.4 is 20.1 Å². The molecular weight excluding hydrogens is 272 g/mol. The number of fused-ring (bicyclic) bond motifs is 1. The van der Waals surface area contributed by atoms with E-state index in [0.29, 0.717) is 43.4 Å². The molecule has 6 nitrogen and oxygen atoms in total. The second-order valence-corrected chi connectivity index (χ2v) is 5.36. The summed E-state index contributed by atoms with van der Waals surface area (Å²) < 4.78 is 10.9. The van der Waals surface area contributed by atoms with Crippen LogP contribution in [0.1, 0.15) is 20.3 Å². The number of aliphatic hydroxyl groups is 1. The van der Waals surface area contributed by atoms with Gasteiger partial charge in [-0.3, -0.25) is 4.79 Å². The highest BCUT2D eigenvalue weighted by molar-refractivity contribution is 5.92. The maximum absolute atomic E-state index is 11.8. The first kappa shape index (κ1) is 15.6. The van der Waals surface area contributed by atoms with E-state index in [1.54, 1.807) is 25.1 Å². The molecule has 1 aromatic rings. The zero-order valence-electron chi connectivity index (χ0n) is 12.4. The van der Waals surface area contributed by atoms with Gasteiger partial charge in [-0.15, -0.1) is 0 Å². The van der Waals surface area contributed by atoms with Gasteiger partial charge in [-0.2, -0.15) is 0 Å². The lowest BCUT2D eigenvalue weighted by atomic mass is 10.0. The van der Waals surface area contributed by atoms with Crippen LogP contribution in [0, 0.1) is 0 Å². The third-order valence-corrected chi connectivity index (χ3v) is 3.38. The SMILES string of the molecule is CCC(C)(O)CNCC(=O)Nc1ccc2c(c1)OCCO2. The molecule has 21 heavy (non-hydrogen) atoms. The summed E-state index contributed by atoms with van der Waals surface area (Å²) in [6, 6.07) is 5.29. The maximum atomic E-state index is 11.8. The lowest BCUT2D eigenvalue weighted by Crippen LogP contribution is -2.40. The first-order chi connectivity index (χ1) is 10.00. The smallest absolute Gasteiger partial charge is 0.238 e. The average molecular weight is 294 g/mol. The molecule has 1 aromatic carbocycles. The van der Waals surface area contributed by atoms with Gasteiger partial charge in [-0.1, -0.05) is 6.92 Å². The van der Waals surface area contributed by atoms with Gasteiger partial charge >= 0.3 is 0 Å². The van der Waals surface area contributed by atoms with Gasteiger partial charge in [-0.05, 0) is 25.5 Å². The Kier molecular flexibility index (Phi) is 5.03. The van der Waals surface area contributed by atoms with Crippen molar-refractivity contribution in [2.24, 2.45) is 0 Å². The molecule has 116 valence electrons. The van der Waals surface area contributed by atoms with Crippen LogP contribution in [-0.2, 0) is 4.79 Å². The van der Waals surface area contributed by atoms with Gasteiger partial charge in [0.05, 0.1) is 12.1 Å². The highest BCUT2D eigenvalue weighted by Gasteiger charge is 2.17. The Morgan fingerprint density at radius 3 is 2.76 bits per heavy atom. The molecule has 6 heteroatoms. The van der Waals surface area contributed by atoms with Crippen LogP contribution in [0.2, 0.25) is 0 Å². The van der Waals surface area contributed by atoms with Crippen molar-refractivity contribution in [3.05, 3.63) is 18.2 Å². The van der Waals surface area contributed by atoms with Crippen LogP contribution in [0.15, 0.2) is 18.2 Å². The first-order valence-electron chi connectivity index (χ1n) is 7.13. The molecule has 1 amide bonds. The predicted octanol–water partition coefficient (Wildman–Crippen LogP) is 1.15. The summed E-state index contributed by atoms with van der Waals surface area (Å²) in [5.41, 5.74) is -0.134. The molecule has 1 unspecified atom stereocenters. The average Bonchev–Trinajstić information content (AvgIpc) is 2.47. The summed E-state index contributed by atoms with van der Waals surface area (Å²) >= 11 is 0. The summed E-state index contributed by atoms with van der Waals surface area (Å²) in [7, 11) is 0. The molecule has 0 aromatic heterocycles. The van der Waals surface area contributed by atoms with E-state index < -0.39 is 5.60 Å². The number of carbonyl (C=O) groups is 1. The zero-order chi connectivity index (χ0) is 15.3. The summed E-state index contributed by atoms with van der Waals surface area (Å²) in [6.07, 6.45) is 0.629. The Hall–Kier alpha value is -1.79. The van der Waals surface area contributed by atoms with E-state index in [1.165, 1.54) is 0 Å².